The zero-order chi connectivity index (χ0) is 17.8. The summed E-state index contributed by atoms with van der Waals surface area (Å²) in [6, 6.07) is 11.7. The van der Waals surface area contributed by atoms with Crippen LogP contribution < -0.4 is 0 Å². The largest absolute Gasteiger partial charge is 0.464 e. The third-order valence-corrected chi connectivity index (χ3v) is 4.56. The molecule has 0 aliphatic rings. The summed E-state index contributed by atoms with van der Waals surface area (Å²) in [6.07, 6.45) is 0. The molecule has 0 radical (unpaired) electrons. The van der Waals surface area contributed by atoms with E-state index in [0.29, 0.717) is 11.7 Å². The Morgan fingerprint density at radius 1 is 1.20 bits per heavy atom. The number of amides is 1. The van der Waals surface area contributed by atoms with E-state index in [1.165, 1.54) is 11.8 Å². The maximum Gasteiger partial charge on any atom is 0.233 e. The number of thioether (sulfide) groups is 1. The summed E-state index contributed by atoms with van der Waals surface area (Å²) < 4.78 is 7.14. The molecule has 2 heterocycles. The molecule has 3 rings (SSSR count). The lowest BCUT2D eigenvalue weighted by Gasteiger charge is -2.15. The number of aryl methyl sites for hydroxylation is 2. The van der Waals surface area contributed by atoms with Crippen molar-refractivity contribution in [3.63, 3.8) is 0 Å². The molecule has 3 aromatic rings. The molecule has 0 aliphatic heterocycles. The van der Waals surface area contributed by atoms with Crippen LogP contribution in [0.4, 0.5) is 0 Å². The van der Waals surface area contributed by atoms with E-state index in [-0.39, 0.29) is 11.7 Å². The number of benzene rings is 1. The van der Waals surface area contributed by atoms with Crippen molar-refractivity contribution >= 4 is 17.7 Å². The zero-order valence-electron chi connectivity index (χ0n) is 14.3. The van der Waals surface area contributed by atoms with E-state index in [2.05, 4.69) is 15.5 Å². The Morgan fingerprint density at radius 2 is 1.96 bits per heavy atom. The molecule has 25 heavy (non-hydrogen) atoms. The Balaban J connectivity index is 1.61. The van der Waals surface area contributed by atoms with Gasteiger partial charge in [0.15, 0.2) is 0 Å². The van der Waals surface area contributed by atoms with Crippen molar-refractivity contribution in [2.45, 2.75) is 25.5 Å². The minimum atomic E-state index is -0.0162. The van der Waals surface area contributed by atoms with E-state index in [4.69, 9.17) is 4.42 Å². The normalized spacial score (nSPS) is 10.8. The summed E-state index contributed by atoms with van der Waals surface area (Å²) in [5.41, 5.74) is 2.03. The van der Waals surface area contributed by atoms with Crippen LogP contribution in [-0.4, -0.2) is 43.8 Å². The van der Waals surface area contributed by atoms with Crippen molar-refractivity contribution < 1.29 is 9.21 Å². The zero-order valence-corrected chi connectivity index (χ0v) is 15.2. The Labute approximate surface area is 150 Å². The predicted molar refractivity (Wildman–Crippen MR) is 94.5 cm³/mol. The number of aromatic nitrogens is 4. The number of nitrogens with zero attached hydrogens (tertiary/aromatic N) is 5. The fourth-order valence-corrected chi connectivity index (χ4v) is 3.08. The highest BCUT2D eigenvalue weighted by Gasteiger charge is 2.15. The van der Waals surface area contributed by atoms with E-state index in [1.807, 2.05) is 50.2 Å². The molecule has 0 spiro atoms. The highest BCUT2D eigenvalue weighted by atomic mass is 32.2. The van der Waals surface area contributed by atoms with Gasteiger partial charge in [0.1, 0.15) is 11.5 Å². The first-order valence-electron chi connectivity index (χ1n) is 7.80. The molecule has 2 aromatic heterocycles. The van der Waals surface area contributed by atoms with Crippen LogP contribution in [0.1, 0.15) is 17.1 Å². The highest BCUT2D eigenvalue weighted by molar-refractivity contribution is 7.99. The monoisotopic (exact) mass is 357 g/mol. The quantitative estimate of drug-likeness (QED) is 0.631. The van der Waals surface area contributed by atoms with E-state index in [0.717, 1.165) is 22.8 Å². The van der Waals surface area contributed by atoms with Crippen molar-refractivity contribution in [1.29, 1.82) is 0 Å². The van der Waals surface area contributed by atoms with Gasteiger partial charge in [-0.1, -0.05) is 29.5 Å². The molecular weight excluding hydrogens is 338 g/mol. The van der Waals surface area contributed by atoms with E-state index in [9.17, 15) is 4.79 Å². The highest BCUT2D eigenvalue weighted by Crippen LogP contribution is 2.19. The number of furan rings is 1. The van der Waals surface area contributed by atoms with E-state index >= 15 is 0 Å². The number of tetrazole rings is 1. The van der Waals surface area contributed by atoms with Gasteiger partial charge in [-0.15, -0.1) is 5.10 Å². The van der Waals surface area contributed by atoms with E-state index < -0.39 is 0 Å². The average Bonchev–Trinajstić information content (AvgIpc) is 3.22. The molecule has 0 bridgehead atoms. The summed E-state index contributed by atoms with van der Waals surface area (Å²) in [5.74, 6) is 1.84. The van der Waals surface area contributed by atoms with Crippen molar-refractivity contribution in [3.05, 3.63) is 53.5 Å². The standard InChI is InChI=1S/C17H19N5O2S/c1-12-4-7-14(8-5-12)22-17(18-19-20-22)25-11-16(23)21(3)10-15-9-6-13(2)24-15/h4-9H,10-11H2,1-3H3. The molecule has 0 saturated carbocycles. The lowest BCUT2D eigenvalue weighted by Crippen LogP contribution is -2.27. The van der Waals surface area contributed by atoms with E-state index in [1.54, 1.807) is 16.6 Å². The van der Waals surface area contributed by atoms with Gasteiger partial charge in [-0.25, -0.2) is 0 Å². The van der Waals surface area contributed by atoms with Crippen LogP contribution in [-0.2, 0) is 11.3 Å². The van der Waals surface area contributed by atoms with Gasteiger partial charge in [-0.2, -0.15) is 4.68 Å². The summed E-state index contributed by atoms with van der Waals surface area (Å²) >= 11 is 1.31. The lowest BCUT2D eigenvalue weighted by atomic mass is 10.2. The molecule has 1 aromatic carbocycles. The molecule has 8 heteroatoms. The minimum Gasteiger partial charge on any atom is -0.464 e. The van der Waals surface area contributed by atoms with Gasteiger partial charge < -0.3 is 9.32 Å². The van der Waals surface area contributed by atoms with Crippen LogP contribution in [0.3, 0.4) is 0 Å². The maximum absolute atomic E-state index is 12.3. The molecule has 0 fully saturated rings. The first kappa shape index (κ1) is 17.2. The lowest BCUT2D eigenvalue weighted by molar-refractivity contribution is -0.127. The van der Waals surface area contributed by atoms with Gasteiger partial charge in [0.25, 0.3) is 0 Å². The maximum atomic E-state index is 12.3. The van der Waals surface area contributed by atoms with Gasteiger partial charge in [-0.3, -0.25) is 4.79 Å². The molecule has 130 valence electrons. The number of rotatable bonds is 6. The fraction of sp³-hybridized carbons (Fsp3) is 0.294. The van der Waals surface area contributed by atoms with Crippen molar-refractivity contribution in [2.75, 3.05) is 12.8 Å². The predicted octanol–water partition coefficient (Wildman–Crippen LogP) is 2.62. The molecule has 1 amide bonds. The first-order valence-corrected chi connectivity index (χ1v) is 8.79. The minimum absolute atomic E-state index is 0.0162. The van der Waals surface area contributed by atoms with Crippen molar-refractivity contribution in [2.24, 2.45) is 0 Å². The molecule has 0 atom stereocenters. The molecule has 0 N–H and O–H groups in total. The van der Waals surface area contributed by atoms with Crippen molar-refractivity contribution in [3.8, 4) is 5.69 Å². The van der Waals surface area contributed by atoms with Crippen LogP contribution in [0.2, 0.25) is 0 Å². The molecule has 0 unspecified atom stereocenters. The Hall–Kier alpha value is -2.61. The number of carbonyl (C=O) groups excluding carboxylic acids is 1. The van der Waals surface area contributed by atoms with Gasteiger partial charge in [0, 0.05) is 7.05 Å². The van der Waals surface area contributed by atoms with Gasteiger partial charge in [0.2, 0.25) is 11.1 Å². The first-order chi connectivity index (χ1) is 12.0. The van der Waals surface area contributed by atoms with Crippen LogP contribution in [0.15, 0.2) is 46.0 Å². The van der Waals surface area contributed by atoms with Gasteiger partial charge in [0.05, 0.1) is 18.0 Å². The van der Waals surface area contributed by atoms with Crippen LogP contribution in [0, 0.1) is 13.8 Å². The van der Waals surface area contributed by atoms with Gasteiger partial charge >= 0.3 is 0 Å². The van der Waals surface area contributed by atoms with Crippen molar-refractivity contribution in [1.82, 2.24) is 25.1 Å². The number of hydrogen-bond donors (Lipinski definition) is 0. The Bertz CT molecular complexity index is 856. The average molecular weight is 357 g/mol. The smallest absolute Gasteiger partial charge is 0.233 e. The Morgan fingerprint density at radius 3 is 2.64 bits per heavy atom. The summed E-state index contributed by atoms with van der Waals surface area (Å²) in [4.78, 5) is 14.0. The second-order valence-electron chi connectivity index (χ2n) is 5.76. The molecule has 0 aliphatic carbocycles. The molecule has 7 nitrogen and oxygen atoms in total. The van der Waals surface area contributed by atoms with Crippen LogP contribution in [0.25, 0.3) is 5.69 Å². The molecule has 0 saturated heterocycles. The van der Waals surface area contributed by atoms with Crippen LogP contribution >= 0.6 is 11.8 Å². The second-order valence-corrected chi connectivity index (χ2v) is 6.70. The topological polar surface area (TPSA) is 77.1 Å². The number of carbonyl (C=O) groups is 1. The SMILES string of the molecule is Cc1ccc(-n2nnnc2SCC(=O)N(C)Cc2ccc(C)o2)cc1. The Kier molecular flexibility index (Phi) is 5.18. The second kappa shape index (κ2) is 7.52. The van der Waals surface area contributed by atoms with Gasteiger partial charge in [-0.05, 0) is 48.5 Å². The number of hydrogen-bond acceptors (Lipinski definition) is 6. The summed E-state index contributed by atoms with van der Waals surface area (Å²) in [6.45, 7) is 4.34. The third-order valence-electron chi connectivity index (χ3n) is 3.66. The molecular formula is C17H19N5O2S. The summed E-state index contributed by atoms with van der Waals surface area (Å²) in [7, 11) is 1.75. The third kappa shape index (κ3) is 4.27. The van der Waals surface area contributed by atoms with Crippen LogP contribution in [0.5, 0.6) is 0 Å². The summed E-state index contributed by atoms with van der Waals surface area (Å²) in [5, 5.41) is 12.3. The fourth-order valence-electron chi connectivity index (χ4n) is 2.25.